The number of methoxy groups -OCH3 is 2. The van der Waals surface area contributed by atoms with E-state index >= 15 is 0 Å². The van der Waals surface area contributed by atoms with Crippen LogP contribution in [0.4, 0.5) is 0 Å². The van der Waals surface area contributed by atoms with Crippen LogP contribution in [-0.4, -0.2) is 26.3 Å². The molecule has 0 fully saturated rings. The summed E-state index contributed by atoms with van der Waals surface area (Å²) in [5, 5.41) is 3.31. The molecule has 106 valence electrons. The summed E-state index contributed by atoms with van der Waals surface area (Å²) in [6.45, 7) is 2.04. The Balaban J connectivity index is 2.38. The molecule has 0 aliphatic heterocycles. The summed E-state index contributed by atoms with van der Waals surface area (Å²) in [6, 6.07) is 8.24. The molecule has 0 amide bonds. The number of benzene rings is 1. The zero-order valence-corrected chi connectivity index (χ0v) is 12.3. The molecule has 0 saturated carbocycles. The highest BCUT2D eigenvalue weighted by Crippen LogP contribution is 2.27. The molecule has 4 heteroatoms. The lowest BCUT2D eigenvalue weighted by molar-refractivity contribution is 0.410. The van der Waals surface area contributed by atoms with Crippen molar-refractivity contribution in [3.8, 4) is 11.5 Å². The van der Waals surface area contributed by atoms with Crippen molar-refractivity contribution >= 4 is 0 Å². The second-order valence-electron chi connectivity index (χ2n) is 4.61. The SMILES string of the molecule is CNC(c1cncc(OC)c1)c1ccc(OC)c(C)c1. The zero-order chi connectivity index (χ0) is 14.5. The first kappa shape index (κ1) is 14.3. The van der Waals surface area contributed by atoms with Crippen LogP contribution < -0.4 is 14.8 Å². The standard InChI is InChI=1S/C16H20N2O2/c1-11-7-12(5-6-15(11)20-4)16(17-2)13-8-14(19-3)10-18-9-13/h5-10,16-17H,1-4H3. The fraction of sp³-hybridized carbons (Fsp3) is 0.312. The van der Waals surface area contributed by atoms with E-state index in [-0.39, 0.29) is 6.04 Å². The van der Waals surface area contributed by atoms with Crippen LogP contribution >= 0.6 is 0 Å². The van der Waals surface area contributed by atoms with Gasteiger partial charge in [0.25, 0.3) is 0 Å². The smallest absolute Gasteiger partial charge is 0.137 e. The molecule has 1 atom stereocenters. The predicted octanol–water partition coefficient (Wildman–Crippen LogP) is 2.72. The van der Waals surface area contributed by atoms with Crippen molar-refractivity contribution in [1.82, 2.24) is 10.3 Å². The predicted molar refractivity (Wildman–Crippen MR) is 79.4 cm³/mol. The first-order chi connectivity index (χ1) is 9.69. The molecule has 20 heavy (non-hydrogen) atoms. The summed E-state index contributed by atoms with van der Waals surface area (Å²) < 4.78 is 10.5. The largest absolute Gasteiger partial charge is 0.496 e. The van der Waals surface area contributed by atoms with E-state index in [0.717, 1.165) is 22.6 Å². The van der Waals surface area contributed by atoms with Gasteiger partial charge in [0.15, 0.2) is 0 Å². The van der Waals surface area contributed by atoms with Gasteiger partial charge in [-0.25, -0.2) is 0 Å². The van der Waals surface area contributed by atoms with E-state index in [1.165, 1.54) is 5.56 Å². The molecule has 0 bridgehead atoms. The molecule has 2 rings (SSSR count). The summed E-state index contributed by atoms with van der Waals surface area (Å²) in [7, 11) is 5.26. The topological polar surface area (TPSA) is 43.4 Å². The number of aromatic nitrogens is 1. The van der Waals surface area contributed by atoms with Crippen LogP contribution in [0.2, 0.25) is 0 Å². The molecule has 1 N–H and O–H groups in total. The van der Waals surface area contributed by atoms with Crippen molar-refractivity contribution in [2.24, 2.45) is 0 Å². The molecule has 0 spiro atoms. The van der Waals surface area contributed by atoms with E-state index in [9.17, 15) is 0 Å². The second kappa shape index (κ2) is 6.39. The summed E-state index contributed by atoms with van der Waals surface area (Å²) >= 11 is 0. The molecule has 0 aliphatic rings. The Bertz CT molecular complexity index is 584. The highest BCUT2D eigenvalue weighted by Gasteiger charge is 2.14. The Kier molecular flexibility index (Phi) is 4.58. The Hall–Kier alpha value is -2.07. The number of aryl methyl sites for hydroxylation is 1. The van der Waals surface area contributed by atoms with Gasteiger partial charge in [0, 0.05) is 6.20 Å². The molecule has 1 unspecified atom stereocenters. The Morgan fingerprint density at radius 1 is 1.05 bits per heavy atom. The number of pyridine rings is 1. The molecular formula is C16H20N2O2. The van der Waals surface area contributed by atoms with Gasteiger partial charge in [0.1, 0.15) is 11.5 Å². The van der Waals surface area contributed by atoms with Gasteiger partial charge in [-0.05, 0) is 42.8 Å². The Labute approximate surface area is 119 Å². The Morgan fingerprint density at radius 3 is 2.45 bits per heavy atom. The lowest BCUT2D eigenvalue weighted by atomic mass is 9.98. The van der Waals surface area contributed by atoms with Crippen LogP contribution in [0.25, 0.3) is 0 Å². The van der Waals surface area contributed by atoms with Gasteiger partial charge < -0.3 is 14.8 Å². The third kappa shape index (κ3) is 2.91. The van der Waals surface area contributed by atoms with Crippen LogP contribution in [0.15, 0.2) is 36.7 Å². The Morgan fingerprint density at radius 2 is 1.85 bits per heavy atom. The van der Waals surface area contributed by atoms with Crippen LogP contribution in [0.5, 0.6) is 11.5 Å². The summed E-state index contributed by atoms with van der Waals surface area (Å²) in [5.74, 6) is 1.65. The van der Waals surface area contributed by atoms with Gasteiger partial charge in [0.2, 0.25) is 0 Å². The number of nitrogens with zero attached hydrogens (tertiary/aromatic N) is 1. The molecule has 2 aromatic rings. The van der Waals surface area contributed by atoms with Gasteiger partial charge in [-0.2, -0.15) is 0 Å². The van der Waals surface area contributed by atoms with Gasteiger partial charge in [0.05, 0.1) is 26.5 Å². The fourth-order valence-corrected chi connectivity index (χ4v) is 2.31. The number of hydrogen-bond donors (Lipinski definition) is 1. The first-order valence-corrected chi connectivity index (χ1v) is 6.50. The first-order valence-electron chi connectivity index (χ1n) is 6.50. The lowest BCUT2D eigenvalue weighted by Gasteiger charge is -2.18. The highest BCUT2D eigenvalue weighted by molar-refractivity contribution is 5.41. The number of rotatable bonds is 5. The van der Waals surface area contributed by atoms with Crippen LogP contribution in [0.1, 0.15) is 22.7 Å². The highest BCUT2D eigenvalue weighted by atomic mass is 16.5. The molecule has 0 aliphatic carbocycles. The number of nitrogens with one attached hydrogen (secondary N) is 1. The maximum atomic E-state index is 5.30. The van der Waals surface area contributed by atoms with E-state index in [1.54, 1.807) is 20.4 Å². The van der Waals surface area contributed by atoms with E-state index < -0.39 is 0 Å². The van der Waals surface area contributed by atoms with E-state index in [2.05, 4.69) is 22.4 Å². The van der Waals surface area contributed by atoms with Crippen LogP contribution in [0, 0.1) is 6.92 Å². The lowest BCUT2D eigenvalue weighted by Crippen LogP contribution is -2.18. The molecule has 0 radical (unpaired) electrons. The fourth-order valence-electron chi connectivity index (χ4n) is 2.31. The third-order valence-corrected chi connectivity index (χ3v) is 3.34. The van der Waals surface area contributed by atoms with E-state index in [0.29, 0.717) is 0 Å². The third-order valence-electron chi connectivity index (χ3n) is 3.34. The molecule has 1 aromatic carbocycles. The van der Waals surface area contributed by atoms with Gasteiger partial charge in [-0.1, -0.05) is 12.1 Å². The van der Waals surface area contributed by atoms with Crippen molar-refractivity contribution in [3.63, 3.8) is 0 Å². The van der Waals surface area contributed by atoms with Crippen molar-refractivity contribution in [1.29, 1.82) is 0 Å². The van der Waals surface area contributed by atoms with Crippen molar-refractivity contribution < 1.29 is 9.47 Å². The molecule has 1 heterocycles. The summed E-state index contributed by atoms with van der Waals surface area (Å²) in [5.41, 5.74) is 3.35. The maximum Gasteiger partial charge on any atom is 0.137 e. The quantitative estimate of drug-likeness (QED) is 0.909. The summed E-state index contributed by atoms with van der Waals surface area (Å²) in [6.07, 6.45) is 3.55. The summed E-state index contributed by atoms with van der Waals surface area (Å²) in [4.78, 5) is 4.22. The minimum atomic E-state index is 0.0715. The van der Waals surface area contributed by atoms with E-state index in [1.807, 2.05) is 32.3 Å². The molecule has 0 saturated heterocycles. The van der Waals surface area contributed by atoms with Gasteiger partial charge in [-0.3, -0.25) is 4.98 Å². The van der Waals surface area contributed by atoms with Crippen LogP contribution in [0.3, 0.4) is 0 Å². The van der Waals surface area contributed by atoms with Gasteiger partial charge in [-0.15, -0.1) is 0 Å². The van der Waals surface area contributed by atoms with E-state index in [4.69, 9.17) is 9.47 Å². The average molecular weight is 272 g/mol. The zero-order valence-electron chi connectivity index (χ0n) is 12.3. The molecule has 4 nitrogen and oxygen atoms in total. The monoisotopic (exact) mass is 272 g/mol. The van der Waals surface area contributed by atoms with Crippen molar-refractivity contribution in [3.05, 3.63) is 53.3 Å². The minimum absolute atomic E-state index is 0.0715. The number of hydrogen-bond acceptors (Lipinski definition) is 4. The number of ether oxygens (including phenoxy) is 2. The van der Waals surface area contributed by atoms with Gasteiger partial charge >= 0.3 is 0 Å². The average Bonchev–Trinajstić information content (AvgIpc) is 2.48. The van der Waals surface area contributed by atoms with Crippen LogP contribution in [-0.2, 0) is 0 Å². The van der Waals surface area contributed by atoms with Crippen molar-refractivity contribution in [2.45, 2.75) is 13.0 Å². The maximum absolute atomic E-state index is 5.30. The second-order valence-corrected chi connectivity index (χ2v) is 4.61. The molecular weight excluding hydrogens is 252 g/mol. The minimum Gasteiger partial charge on any atom is -0.496 e. The molecule has 1 aromatic heterocycles. The normalized spacial score (nSPS) is 12.0. The van der Waals surface area contributed by atoms with Crippen molar-refractivity contribution in [2.75, 3.05) is 21.3 Å².